The molecule has 1 aliphatic carbocycles. The number of nitriles is 1. The minimum Gasteiger partial charge on any atom is -0.391 e. The van der Waals surface area contributed by atoms with Crippen LogP contribution >= 0.6 is 0 Å². The first kappa shape index (κ1) is 9.04. The molecule has 72 valence electrons. The lowest BCUT2D eigenvalue weighted by Gasteiger charge is -2.33. The SMILES string of the molecule is N#Cc1ccc(N[C@@H]2CC[C@H]2O)cc1. The van der Waals surface area contributed by atoms with Crippen LogP contribution in [0.3, 0.4) is 0 Å². The van der Waals surface area contributed by atoms with E-state index in [9.17, 15) is 5.11 Å². The minimum atomic E-state index is -0.217. The van der Waals surface area contributed by atoms with Crippen molar-refractivity contribution in [3.63, 3.8) is 0 Å². The first-order valence-corrected chi connectivity index (χ1v) is 4.74. The molecule has 2 rings (SSSR count). The van der Waals surface area contributed by atoms with E-state index in [4.69, 9.17) is 5.26 Å². The predicted octanol–water partition coefficient (Wildman–Crippen LogP) is 1.49. The van der Waals surface area contributed by atoms with E-state index >= 15 is 0 Å². The van der Waals surface area contributed by atoms with Gasteiger partial charge in [-0.05, 0) is 37.1 Å². The van der Waals surface area contributed by atoms with Crippen LogP contribution in [0.1, 0.15) is 18.4 Å². The largest absolute Gasteiger partial charge is 0.391 e. The average Bonchev–Trinajstić information content (AvgIpc) is 2.24. The van der Waals surface area contributed by atoms with E-state index in [0.29, 0.717) is 5.56 Å². The standard InChI is InChI=1S/C11H12N2O/c12-7-8-1-3-9(4-2-8)13-10-5-6-11(10)14/h1-4,10-11,13-14H,5-6H2/t10-,11-/m1/s1. The van der Waals surface area contributed by atoms with Gasteiger partial charge in [0.1, 0.15) is 0 Å². The van der Waals surface area contributed by atoms with Gasteiger partial charge < -0.3 is 10.4 Å². The molecule has 0 amide bonds. The van der Waals surface area contributed by atoms with Gasteiger partial charge in [-0.1, -0.05) is 0 Å². The molecule has 0 radical (unpaired) electrons. The third-order valence-electron chi connectivity index (χ3n) is 2.60. The molecule has 0 aliphatic heterocycles. The van der Waals surface area contributed by atoms with Crippen molar-refractivity contribution in [2.24, 2.45) is 0 Å². The summed E-state index contributed by atoms with van der Waals surface area (Å²) in [5.74, 6) is 0. The van der Waals surface area contributed by atoms with Gasteiger partial charge in [-0.25, -0.2) is 0 Å². The third kappa shape index (κ3) is 1.70. The first-order valence-electron chi connectivity index (χ1n) is 4.74. The molecule has 2 N–H and O–H groups in total. The van der Waals surface area contributed by atoms with Gasteiger partial charge in [0.15, 0.2) is 0 Å². The van der Waals surface area contributed by atoms with Crippen molar-refractivity contribution in [3.05, 3.63) is 29.8 Å². The Kier molecular flexibility index (Phi) is 2.38. The van der Waals surface area contributed by atoms with Crippen LogP contribution in [0.2, 0.25) is 0 Å². The zero-order chi connectivity index (χ0) is 9.97. The lowest BCUT2D eigenvalue weighted by Crippen LogP contribution is -2.42. The molecule has 0 unspecified atom stereocenters. The zero-order valence-electron chi connectivity index (χ0n) is 7.77. The van der Waals surface area contributed by atoms with E-state index in [0.717, 1.165) is 18.5 Å². The quantitative estimate of drug-likeness (QED) is 0.739. The van der Waals surface area contributed by atoms with E-state index in [1.807, 2.05) is 12.1 Å². The van der Waals surface area contributed by atoms with Crippen molar-refractivity contribution in [2.75, 3.05) is 5.32 Å². The summed E-state index contributed by atoms with van der Waals surface area (Å²) in [4.78, 5) is 0. The third-order valence-corrected chi connectivity index (χ3v) is 2.60. The summed E-state index contributed by atoms with van der Waals surface area (Å²) in [6.07, 6.45) is 1.68. The number of rotatable bonds is 2. The second-order valence-electron chi connectivity index (χ2n) is 3.58. The molecule has 1 fully saturated rings. The molecule has 2 atom stereocenters. The summed E-state index contributed by atoms with van der Waals surface area (Å²) < 4.78 is 0. The van der Waals surface area contributed by atoms with E-state index in [2.05, 4.69) is 11.4 Å². The Morgan fingerprint density at radius 3 is 2.43 bits per heavy atom. The van der Waals surface area contributed by atoms with Crippen LogP contribution in [0, 0.1) is 11.3 Å². The molecule has 0 spiro atoms. The van der Waals surface area contributed by atoms with Crippen molar-refractivity contribution in [2.45, 2.75) is 25.0 Å². The summed E-state index contributed by atoms with van der Waals surface area (Å²) >= 11 is 0. The Hall–Kier alpha value is -1.53. The fourth-order valence-corrected chi connectivity index (χ4v) is 1.51. The number of aliphatic hydroxyl groups is 1. The van der Waals surface area contributed by atoms with Gasteiger partial charge in [0.2, 0.25) is 0 Å². The topological polar surface area (TPSA) is 56.0 Å². The maximum Gasteiger partial charge on any atom is 0.0991 e. The fourth-order valence-electron chi connectivity index (χ4n) is 1.51. The number of anilines is 1. The highest BCUT2D eigenvalue weighted by atomic mass is 16.3. The lowest BCUT2D eigenvalue weighted by atomic mass is 9.89. The smallest absolute Gasteiger partial charge is 0.0991 e. The Bertz CT molecular complexity index is 353. The average molecular weight is 188 g/mol. The highest BCUT2D eigenvalue weighted by molar-refractivity contribution is 5.48. The number of nitrogens with one attached hydrogen (secondary N) is 1. The van der Waals surface area contributed by atoms with Crippen LogP contribution in [-0.2, 0) is 0 Å². The van der Waals surface area contributed by atoms with Gasteiger partial charge in [0.05, 0.1) is 23.8 Å². The summed E-state index contributed by atoms with van der Waals surface area (Å²) in [5.41, 5.74) is 1.62. The lowest BCUT2D eigenvalue weighted by molar-refractivity contribution is 0.0786. The Balaban J connectivity index is 2.00. The Morgan fingerprint density at radius 2 is 2.00 bits per heavy atom. The van der Waals surface area contributed by atoms with Crippen molar-refractivity contribution >= 4 is 5.69 Å². The molecule has 0 aromatic heterocycles. The fraction of sp³-hybridized carbons (Fsp3) is 0.364. The van der Waals surface area contributed by atoms with Crippen molar-refractivity contribution in [1.29, 1.82) is 5.26 Å². The maximum absolute atomic E-state index is 9.35. The summed E-state index contributed by atoms with van der Waals surface area (Å²) in [7, 11) is 0. The number of nitrogens with zero attached hydrogens (tertiary/aromatic N) is 1. The van der Waals surface area contributed by atoms with E-state index < -0.39 is 0 Å². The predicted molar refractivity (Wildman–Crippen MR) is 53.8 cm³/mol. The molecule has 1 aromatic rings. The van der Waals surface area contributed by atoms with Crippen molar-refractivity contribution < 1.29 is 5.11 Å². The summed E-state index contributed by atoms with van der Waals surface area (Å²) in [5, 5.41) is 21.2. The monoisotopic (exact) mass is 188 g/mol. The van der Waals surface area contributed by atoms with Gasteiger partial charge in [0, 0.05) is 5.69 Å². The van der Waals surface area contributed by atoms with Gasteiger partial charge >= 0.3 is 0 Å². The number of hydrogen-bond acceptors (Lipinski definition) is 3. The van der Waals surface area contributed by atoms with Crippen LogP contribution in [0.4, 0.5) is 5.69 Å². The van der Waals surface area contributed by atoms with Crippen LogP contribution in [0.5, 0.6) is 0 Å². The second kappa shape index (κ2) is 3.69. The van der Waals surface area contributed by atoms with Crippen molar-refractivity contribution in [3.8, 4) is 6.07 Å². The molecule has 1 aromatic carbocycles. The molecule has 3 nitrogen and oxygen atoms in total. The molecule has 3 heteroatoms. The second-order valence-corrected chi connectivity index (χ2v) is 3.58. The van der Waals surface area contributed by atoms with Crippen LogP contribution in [0.25, 0.3) is 0 Å². The van der Waals surface area contributed by atoms with Gasteiger partial charge in [-0.3, -0.25) is 0 Å². The molecular formula is C11H12N2O. The Labute approximate surface area is 83.0 Å². The van der Waals surface area contributed by atoms with E-state index in [1.54, 1.807) is 12.1 Å². The Morgan fingerprint density at radius 1 is 1.29 bits per heavy atom. The van der Waals surface area contributed by atoms with E-state index in [1.165, 1.54) is 0 Å². The molecule has 14 heavy (non-hydrogen) atoms. The van der Waals surface area contributed by atoms with E-state index in [-0.39, 0.29) is 12.1 Å². The molecule has 1 saturated carbocycles. The van der Waals surface area contributed by atoms with Crippen LogP contribution in [0.15, 0.2) is 24.3 Å². The molecule has 0 bridgehead atoms. The van der Waals surface area contributed by atoms with Crippen molar-refractivity contribution in [1.82, 2.24) is 0 Å². The maximum atomic E-state index is 9.35. The van der Waals surface area contributed by atoms with Gasteiger partial charge in [-0.15, -0.1) is 0 Å². The number of benzene rings is 1. The van der Waals surface area contributed by atoms with Gasteiger partial charge in [0.25, 0.3) is 0 Å². The highest BCUT2D eigenvalue weighted by Gasteiger charge is 2.28. The summed E-state index contributed by atoms with van der Waals surface area (Å²) in [6.45, 7) is 0. The zero-order valence-corrected chi connectivity index (χ0v) is 7.77. The summed E-state index contributed by atoms with van der Waals surface area (Å²) in [6, 6.07) is 9.52. The number of aliphatic hydroxyl groups excluding tert-OH is 1. The molecule has 0 saturated heterocycles. The minimum absolute atomic E-state index is 0.183. The molecular weight excluding hydrogens is 176 g/mol. The molecule has 1 aliphatic rings. The normalized spacial score (nSPS) is 24.9. The number of hydrogen-bond donors (Lipinski definition) is 2. The van der Waals surface area contributed by atoms with Crippen LogP contribution in [-0.4, -0.2) is 17.3 Å². The highest BCUT2D eigenvalue weighted by Crippen LogP contribution is 2.23. The van der Waals surface area contributed by atoms with Crippen LogP contribution < -0.4 is 5.32 Å². The first-order chi connectivity index (χ1) is 6.79. The molecule has 0 heterocycles. The van der Waals surface area contributed by atoms with Gasteiger partial charge in [-0.2, -0.15) is 5.26 Å².